The van der Waals surface area contributed by atoms with Crippen LogP contribution in [0.15, 0.2) is 4.79 Å². The molecule has 0 unspecified atom stereocenters. The largest absolute Gasteiger partial charge is 0.309 e. The summed E-state index contributed by atoms with van der Waals surface area (Å²) in [5.41, 5.74) is 1.64. The smallest absolute Gasteiger partial charge is 0.259 e. The van der Waals surface area contributed by atoms with Gasteiger partial charge in [-0.15, -0.1) is 11.3 Å². The third-order valence-corrected chi connectivity index (χ3v) is 8.55. The minimum atomic E-state index is 0.144. The number of H-pyrrole nitrogens is 1. The van der Waals surface area contributed by atoms with E-state index in [1.165, 1.54) is 61.8 Å². The summed E-state index contributed by atoms with van der Waals surface area (Å²) in [5, 5.41) is 0.920. The number of nitrogens with zero attached hydrogens (tertiary/aromatic N) is 1. The van der Waals surface area contributed by atoms with E-state index in [0.717, 1.165) is 46.6 Å². The Kier molecular flexibility index (Phi) is 2.76. The molecule has 2 heterocycles. The number of aryl methyl sites for hydroxylation is 2. The summed E-state index contributed by atoms with van der Waals surface area (Å²) >= 11 is 1.80. The van der Waals surface area contributed by atoms with Crippen LogP contribution >= 0.6 is 11.3 Å². The van der Waals surface area contributed by atoms with E-state index in [2.05, 4.69) is 4.98 Å². The summed E-state index contributed by atoms with van der Waals surface area (Å²) in [4.78, 5) is 23.8. The van der Waals surface area contributed by atoms with Gasteiger partial charge in [0.15, 0.2) is 0 Å². The van der Waals surface area contributed by atoms with Crippen molar-refractivity contribution in [1.82, 2.24) is 9.97 Å². The van der Waals surface area contributed by atoms with Crippen molar-refractivity contribution >= 4 is 21.6 Å². The van der Waals surface area contributed by atoms with Crippen LogP contribution in [0.25, 0.3) is 10.2 Å². The lowest BCUT2D eigenvalue weighted by molar-refractivity contribution is -0.00931. The van der Waals surface area contributed by atoms with Crippen molar-refractivity contribution < 1.29 is 0 Å². The normalized spacial score (nSPS) is 37.1. The fraction of sp³-hybridized carbons (Fsp3) is 0.700. The zero-order chi connectivity index (χ0) is 15.9. The van der Waals surface area contributed by atoms with Gasteiger partial charge in [0, 0.05) is 10.3 Å². The highest BCUT2D eigenvalue weighted by atomic mass is 32.1. The molecule has 5 aliphatic carbocycles. The number of thiophene rings is 1. The first-order valence-electron chi connectivity index (χ1n) is 9.75. The van der Waals surface area contributed by atoms with Gasteiger partial charge < -0.3 is 4.98 Å². The van der Waals surface area contributed by atoms with Crippen LogP contribution in [-0.4, -0.2) is 9.97 Å². The summed E-state index contributed by atoms with van der Waals surface area (Å²) in [7, 11) is 0. The number of hydrogen-bond acceptors (Lipinski definition) is 3. The first kappa shape index (κ1) is 14.1. The summed E-state index contributed by atoms with van der Waals surface area (Å²) in [6.07, 6.45) is 12.8. The maximum absolute atomic E-state index is 12.9. The zero-order valence-electron chi connectivity index (χ0n) is 14.1. The summed E-state index contributed by atoms with van der Waals surface area (Å²) in [6, 6.07) is 0. The number of aromatic amines is 1. The van der Waals surface area contributed by atoms with Crippen LogP contribution < -0.4 is 5.56 Å². The van der Waals surface area contributed by atoms with Crippen molar-refractivity contribution in [3.05, 3.63) is 26.6 Å². The Morgan fingerprint density at radius 3 is 2.38 bits per heavy atom. The second kappa shape index (κ2) is 4.72. The Morgan fingerprint density at radius 2 is 1.67 bits per heavy atom. The molecule has 0 radical (unpaired) electrons. The highest BCUT2D eigenvalue weighted by molar-refractivity contribution is 7.18. The Hall–Kier alpha value is -1.16. The Balaban J connectivity index is 1.52. The van der Waals surface area contributed by atoms with E-state index < -0.39 is 0 Å². The van der Waals surface area contributed by atoms with Crippen molar-refractivity contribution in [2.45, 2.75) is 69.6 Å². The first-order valence-corrected chi connectivity index (χ1v) is 10.6. The van der Waals surface area contributed by atoms with Crippen LogP contribution in [0, 0.1) is 17.8 Å². The third-order valence-electron chi connectivity index (χ3n) is 7.37. The van der Waals surface area contributed by atoms with Crippen LogP contribution in [0.3, 0.4) is 0 Å². The molecule has 7 rings (SSSR count). The maximum atomic E-state index is 12.9. The van der Waals surface area contributed by atoms with E-state index in [1.54, 1.807) is 11.3 Å². The number of rotatable bonds is 1. The molecule has 0 spiro atoms. The molecule has 1 N–H and O–H groups in total. The van der Waals surface area contributed by atoms with Crippen LogP contribution in [0.5, 0.6) is 0 Å². The molecule has 0 amide bonds. The lowest BCUT2D eigenvalue weighted by Crippen LogP contribution is -2.49. The molecule has 5 aliphatic rings. The molecule has 0 aliphatic heterocycles. The van der Waals surface area contributed by atoms with E-state index in [0.29, 0.717) is 0 Å². The molecule has 4 fully saturated rings. The highest BCUT2D eigenvalue weighted by Gasteiger charge is 2.53. The number of aromatic nitrogens is 2. The van der Waals surface area contributed by atoms with E-state index in [9.17, 15) is 4.79 Å². The monoisotopic (exact) mass is 340 g/mol. The minimum Gasteiger partial charge on any atom is -0.309 e. The van der Waals surface area contributed by atoms with Gasteiger partial charge in [-0.1, -0.05) is 0 Å². The van der Waals surface area contributed by atoms with Gasteiger partial charge in [0.25, 0.3) is 5.56 Å². The summed E-state index contributed by atoms with van der Waals surface area (Å²) in [6.45, 7) is 0. The van der Waals surface area contributed by atoms with E-state index in [4.69, 9.17) is 4.98 Å². The van der Waals surface area contributed by atoms with Crippen LogP contribution in [0.1, 0.15) is 67.6 Å². The second-order valence-electron chi connectivity index (χ2n) is 9.00. The molecule has 4 bridgehead atoms. The molecule has 4 saturated carbocycles. The van der Waals surface area contributed by atoms with E-state index in [1.807, 2.05) is 0 Å². The average Bonchev–Trinajstić information content (AvgIpc) is 2.92. The van der Waals surface area contributed by atoms with Gasteiger partial charge in [-0.05, 0) is 87.5 Å². The lowest BCUT2D eigenvalue weighted by Gasteiger charge is -2.56. The van der Waals surface area contributed by atoms with Gasteiger partial charge in [-0.25, -0.2) is 4.98 Å². The molecular formula is C20H24N2OS. The van der Waals surface area contributed by atoms with Crippen molar-refractivity contribution in [1.29, 1.82) is 0 Å². The molecule has 0 saturated heterocycles. The van der Waals surface area contributed by atoms with Gasteiger partial charge in [-0.2, -0.15) is 0 Å². The van der Waals surface area contributed by atoms with Crippen molar-refractivity contribution in [3.8, 4) is 0 Å². The second-order valence-corrected chi connectivity index (χ2v) is 10.1. The maximum Gasteiger partial charge on any atom is 0.259 e. The SMILES string of the molecule is O=c1[nH]c(C23CC4CC(CC(C4)C2)C3)nc2sc3c(c12)CCCC3. The minimum absolute atomic E-state index is 0.144. The van der Waals surface area contributed by atoms with Crippen LogP contribution in [-0.2, 0) is 18.3 Å². The molecule has 0 atom stereocenters. The molecule has 4 heteroatoms. The van der Waals surface area contributed by atoms with Gasteiger partial charge in [-0.3, -0.25) is 4.79 Å². The number of nitrogens with one attached hydrogen (secondary N) is 1. The molecule has 2 aromatic heterocycles. The standard InChI is InChI=1S/C20H24N2OS/c23-17-16-14-3-1-2-4-15(14)24-18(16)22-19(21-17)20-8-11-5-12(9-20)7-13(6-11)10-20/h11-13H,1-10H2,(H,21,22,23). The molecule has 126 valence electrons. The Morgan fingerprint density at radius 1 is 1.00 bits per heavy atom. The fourth-order valence-corrected chi connectivity index (χ4v) is 8.08. The number of fused-ring (bicyclic) bond motifs is 3. The Bertz CT molecular complexity index is 858. The summed E-state index contributed by atoms with van der Waals surface area (Å²) < 4.78 is 0. The predicted octanol–water partition coefficient (Wildman–Crippen LogP) is 4.33. The highest BCUT2D eigenvalue weighted by Crippen LogP contribution is 2.60. The van der Waals surface area contributed by atoms with Crippen LogP contribution in [0.2, 0.25) is 0 Å². The molecular weight excluding hydrogens is 316 g/mol. The predicted molar refractivity (Wildman–Crippen MR) is 96.7 cm³/mol. The topological polar surface area (TPSA) is 45.8 Å². The van der Waals surface area contributed by atoms with Crippen molar-refractivity contribution in [2.24, 2.45) is 17.8 Å². The van der Waals surface area contributed by atoms with Gasteiger partial charge in [0.1, 0.15) is 10.7 Å². The molecule has 3 nitrogen and oxygen atoms in total. The lowest BCUT2D eigenvalue weighted by atomic mass is 9.49. The Labute approximate surface area is 145 Å². The quantitative estimate of drug-likeness (QED) is 0.840. The molecule has 0 aromatic carbocycles. The molecule has 2 aromatic rings. The third kappa shape index (κ3) is 1.84. The van der Waals surface area contributed by atoms with E-state index in [-0.39, 0.29) is 11.0 Å². The van der Waals surface area contributed by atoms with E-state index >= 15 is 0 Å². The summed E-state index contributed by atoms with van der Waals surface area (Å²) in [5.74, 6) is 3.69. The first-order chi connectivity index (χ1) is 11.7. The molecule has 24 heavy (non-hydrogen) atoms. The van der Waals surface area contributed by atoms with Crippen molar-refractivity contribution in [2.75, 3.05) is 0 Å². The number of hydrogen-bond donors (Lipinski definition) is 1. The van der Waals surface area contributed by atoms with Gasteiger partial charge in [0.05, 0.1) is 5.39 Å². The fourth-order valence-electron chi connectivity index (χ4n) is 6.82. The van der Waals surface area contributed by atoms with Gasteiger partial charge in [0.2, 0.25) is 0 Å². The zero-order valence-corrected chi connectivity index (χ0v) is 14.9. The average molecular weight is 340 g/mol. The van der Waals surface area contributed by atoms with Gasteiger partial charge >= 0.3 is 0 Å². The van der Waals surface area contributed by atoms with Crippen LogP contribution in [0.4, 0.5) is 0 Å². The van der Waals surface area contributed by atoms with Crippen molar-refractivity contribution in [3.63, 3.8) is 0 Å².